The van der Waals surface area contributed by atoms with E-state index in [1.807, 2.05) is 6.07 Å². The van der Waals surface area contributed by atoms with Crippen LogP contribution in [0.1, 0.15) is 16.7 Å². The first-order valence-electron chi connectivity index (χ1n) is 7.12. The topological polar surface area (TPSA) is 88.4 Å². The van der Waals surface area contributed by atoms with Crippen molar-refractivity contribution >= 4 is 10.0 Å². The van der Waals surface area contributed by atoms with Gasteiger partial charge in [0, 0.05) is 12.1 Å². The zero-order valence-corrected chi connectivity index (χ0v) is 13.5. The Morgan fingerprint density at radius 3 is 2.76 bits per heavy atom. The summed E-state index contributed by atoms with van der Waals surface area (Å²) in [7, 11) is -3.46. The molecule has 0 spiro atoms. The van der Waals surface area contributed by atoms with Crippen molar-refractivity contribution in [3.63, 3.8) is 0 Å². The molecule has 0 aliphatic carbocycles. The predicted octanol–water partition coefficient (Wildman–Crippen LogP) is 2.53. The minimum absolute atomic E-state index is 0.0767. The number of rotatable bonds is 5. The van der Waals surface area contributed by atoms with E-state index in [1.54, 1.807) is 6.07 Å². The maximum atomic E-state index is 12.5. The van der Waals surface area contributed by atoms with Gasteiger partial charge in [-0.2, -0.15) is 14.0 Å². The van der Waals surface area contributed by atoms with E-state index in [9.17, 15) is 17.2 Å². The minimum Gasteiger partial charge on any atom is -0.489 e. The molecule has 0 atom stereocenters. The molecular weight excluding hydrogens is 354 g/mol. The van der Waals surface area contributed by atoms with E-state index in [1.165, 1.54) is 30.3 Å². The first-order chi connectivity index (χ1) is 11.9. The number of hydrogen-bond acceptors (Lipinski definition) is 5. The second kappa shape index (κ2) is 6.66. The highest BCUT2D eigenvalue weighted by Crippen LogP contribution is 2.28. The summed E-state index contributed by atoms with van der Waals surface area (Å²) >= 11 is 0. The molecule has 6 nitrogen and oxygen atoms in total. The van der Waals surface area contributed by atoms with E-state index in [0.717, 1.165) is 0 Å². The van der Waals surface area contributed by atoms with Crippen LogP contribution in [0.3, 0.4) is 0 Å². The monoisotopic (exact) mass is 366 g/mol. The molecular formula is C16H12F2N2O4S. The van der Waals surface area contributed by atoms with Gasteiger partial charge in [0.15, 0.2) is 0 Å². The van der Waals surface area contributed by atoms with Gasteiger partial charge in [0.2, 0.25) is 10.0 Å². The summed E-state index contributed by atoms with van der Waals surface area (Å²) in [4.78, 5) is 0.194. The van der Waals surface area contributed by atoms with Gasteiger partial charge >= 0.3 is 6.61 Å². The Hall–Kier alpha value is -2.70. The molecule has 0 radical (unpaired) electrons. The molecule has 1 N–H and O–H groups in total. The lowest BCUT2D eigenvalue weighted by Crippen LogP contribution is -2.13. The van der Waals surface area contributed by atoms with Crippen LogP contribution in [0, 0.1) is 11.3 Å². The van der Waals surface area contributed by atoms with Crippen molar-refractivity contribution in [1.82, 2.24) is 4.72 Å². The van der Waals surface area contributed by atoms with Crippen LogP contribution in [-0.4, -0.2) is 15.0 Å². The molecule has 3 rings (SSSR count). The summed E-state index contributed by atoms with van der Waals surface area (Å²) in [5.74, 6) is 0.254. The molecule has 2 aromatic rings. The molecule has 9 heteroatoms. The van der Waals surface area contributed by atoms with E-state index in [-0.39, 0.29) is 29.4 Å². The van der Waals surface area contributed by atoms with Crippen LogP contribution in [-0.2, 0) is 23.2 Å². The van der Waals surface area contributed by atoms with Crippen molar-refractivity contribution < 1.29 is 26.7 Å². The number of hydrogen-bond donors (Lipinski definition) is 1. The molecule has 2 aromatic carbocycles. The van der Waals surface area contributed by atoms with E-state index in [2.05, 4.69) is 9.46 Å². The molecule has 130 valence electrons. The Balaban J connectivity index is 1.79. The van der Waals surface area contributed by atoms with Crippen molar-refractivity contribution in [3.8, 4) is 17.6 Å². The number of fused-ring (bicyclic) bond motifs is 1. The van der Waals surface area contributed by atoms with Crippen LogP contribution in [0.4, 0.5) is 8.78 Å². The molecule has 1 heterocycles. The molecule has 1 aliphatic heterocycles. The van der Waals surface area contributed by atoms with Gasteiger partial charge in [0.1, 0.15) is 18.1 Å². The number of nitrogens with zero attached hydrogens (tertiary/aromatic N) is 1. The highest BCUT2D eigenvalue weighted by Gasteiger charge is 2.25. The number of halogens is 2. The third-order valence-electron chi connectivity index (χ3n) is 3.58. The summed E-state index contributed by atoms with van der Waals surface area (Å²) in [5.41, 5.74) is 1.10. The van der Waals surface area contributed by atoms with E-state index < -0.39 is 16.6 Å². The lowest BCUT2D eigenvalue weighted by molar-refractivity contribution is -0.0508. The van der Waals surface area contributed by atoms with Crippen LogP contribution in [0.25, 0.3) is 0 Å². The summed E-state index contributed by atoms with van der Waals surface area (Å²) in [6, 6.07) is 10.5. The van der Waals surface area contributed by atoms with Crippen LogP contribution in [0.15, 0.2) is 41.3 Å². The zero-order chi connectivity index (χ0) is 18.0. The normalized spacial score (nSPS) is 14.8. The second-order valence-corrected chi connectivity index (χ2v) is 6.93. The summed E-state index contributed by atoms with van der Waals surface area (Å²) in [5, 5.41) is 8.85. The Morgan fingerprint density at radius 1 is 1.24 bits per heavy atom. The van der Waals surface area contributed by atoms with Crippen molar-refractivity contribution in [2.75, 3.05) is 0 Å². The number of alkyl halides is 2. The second-order valence-electron chi connectivity index (χ2n) is 5.20. The van der Waals surface area contributed by atoms with Crippen LogP contribution in [0.5, 0.6) is 11.5 Å². The number of nitrogens with one attached hydrogen (secondary N) is 1. The summed E-state index contributed by atoms with van der Waals surface area (Å²) in [6.45, 7) is -2.93. The van der Waals surface area contributed by atoms with Gasteiger partial charge in [0.05, 0.1) is 16.5 Å². The first kappa shape index (κ1) is 17.1. The molecule has 0 amide bonds. The number of benzene rings is 2. The number of ether oxygens (including phenoxy) is 2. The van der Waals surface area contributed by atoms with E-state index >= 15 is 0 Å². The fourth-order valence-electron chi connectivity index (χ4n) is 2.41. The fourth-order valence-corrected chi connectivity index (χ4v) is 3.63. The Kier molecular flexibility index (Phi) is 4.57. The average Bonchev–Trinajstić information content (AvgIpc) is 2.88. The zero-order valence-electron chi connectivity index (χ0n) is 12.7. The fraction of sp³-hybridized carbons (Fsp3) is 0.188. The molecule has 0 fully saturated rings. The third kappa shape index (κ3) is 3.70. The Morgan fingerprint density at radius 2 is 2.04 bits per heavy atom. The molecule has 0 aromatic heterocycles. The van der Waals surface area contributed by atoms with Gasteiger partial charge in [-0.3, -0.25) is 0 Å². The Bertz CT molecular complexity index is 955. The first-order valence-corrected chi connectivity index (χ1v) is 8.60. The highest BCUT2D eigenvalue weighted by molar-refractivity contribution is 7.89. The van der Waals surface area contributed by atoms with Crippen molar-refractivity contribution in [3.05, 3.63) is 53.1 Å². The minimum atomic E-state index is -3.46. The van der Waals surface area contributed by atoms with Crippen LogP contribution >= 0.6 is 0 Å². The van der Waals surface area contributed by atoms with Crippen molar-refractivity contribution in [1.29, 1.82) is 5.26 Å². The molecule has 0 bridgehead atoms. The average molecular weight is 366 g/mol. The molecule has 0 saturated heterocycles. The van der Waals surface area contributed by atoms with Gasteiger partial charge in [0.25, 0.3) is 0 Å². The van der Waals surface area contributed by atoms with Gasteiger partial charge < -0.3 is 9.47 Å². The van der Waals surface area contributed by atoms with Crippen LogP contribution < -0.4 is 14.2 Å². The highest BCUT2D eigenvalue weighted by atomic mass is 32.2. The molecule has 0 saturated carbocycles. The summed E-state index contributed by atoms with van der Waals surface area (Å²) in [6.07, 6.45) is 0. The Labute approximate surface area is 142 Å². The van der Waals surface area contributed by atoms with Crippen molar-refractivity contribution in [2.24, 2.45) is 0 Å². The number of nitriles is 1. The smallest absolute Gasteiger partial charge is 0.387 e. The predicted molar refractivity (Wildman–Crippen MR) is 82.6 cm³/mol. The van der Waals surface area contributed by atoms with Gasteiger partial charge in [-0.15, -0.1) is 0 Å². The van der Waals surface area contributed by atoms with Gasteiger partial charge in [-0.25, -0.2) is 13.1 Å². The largest absolute Gasteiger partial charge is 0.489 e. The quantitative estimate of drug-likeness (QED) is 0.878. The third-order valence-corrected chi connectivity index (χ3v) is 5.08. The van der Waals surface area contributed by atoms with Gasteiger partial charge in [-0.1, -0.05) is 6.07 Å². The summed E-state index contributed by atoms with van der Waals surface area (Å²) < 4.78 is 60.8. The maximum Gasteiger partial charge on any atom is 0.387 e. The number of sulfonamides is 1. The maximum absolute atomic E-state index is 12.5. The van der Waals surface area contributed by atoms with Crippen LogP contribution in [0.2, 0.25) is 0 Å². The lowest BCUT2D eigenvalue weighted by atomic mass is 10.1. The molecule has 0 unspecified atom stereocenters. The molecule has 1 aliphatic rings. The molecule has 25 heavy (non-hydrogen) atoms. The standard InChI is InChI=1S/C16H12F2N2O4S/c17-16(18)24-14-5-10(7-19)1-2-11(14)9-23-13-3-4-15-12(6-13)8-20-25(15,21)22/h1-6,16,20H,8-9H2. The van der Waals surface area contributed by atoms with Gasteiger partial charge in [-0.05, 0) is 35.9 Å². The SMILES string of the molecule is N#Cc1ccc(COc2ccc3c(c2)CNS3(=O)=O)c(OC(F)F)c1. The van der Waals surface area contributed by atoms with Crippen molar-refractivity contribution in [2.45, 2.75) is 24.7 Å². The lowest BCUT2D eigenvalue weighted by Gasteiger charge is -2.12. The van der Waals surface area contributed by atoms with E-state index in [0.29, 0.717) is 16.9 Å². The van der Waals surface area contributed by atoms with E-state index in [4.69, 9.17) is 10.00 Å².